The van der Waals surface area contributed by atoms with E-state index in [1.807, 2.05) is 0 Å². The van der Waals surface area contributed by atoms with Crippen molar-refractivity contribution in [1.82, 2.24) is 0 Å². The molecule has 0 rings (SSSR count). The van der Waals surface area contributed by atoms with Crippen LogP contribution < -0.4 is 0 Å². The summed E-state index contributed by atoms with van der Waals surface area (Å²) in [6, 6.07) is 0. The monoisotopic (exact) mass is 350 g/mol. The fraction of sp³-hybridized carbons (Fsp3) is 1.00. The van der Waals surface area contributed by atoms with Crippen molar-refractivity contribution in [1.29, 1.82) is 0 Å². The van der Waals surface area contributed by atoms with Crippen LogP contribution in [0.5, 0.6) is 0 Å². The first-order chi connectivity index (χ1) is 10.7. The number of unbranched alkanes of at least 4 members (excludes halogenated alkanes) is 10. The van der Waals surface area contributed by atoms with E-state index in [0.717, 1.165) is 24.9 Å². The highest BCUT2D eigenvalue weighted by atomic mass is 35.5. The van der Waals surface area contributed by atoms with E-state index >= 15 is 0 Å². The van der Waals surface area contributed by atoms with Gasteiger partial charge in [-0.15, -0.1) is 11.6 Å². The van der Waals surface area contributed by atoms with Gasteiger partial charge in [-0.2, -0.15) is 0 Å². The molecule has 0 amide bonds. The summed E-state index contributed by atoms with van der Waals surface area (Å²) in [6.45, 7) is 4.50. The Labute approximate surface area is 145 Å². The zero-order valence-corrected chi connectivity index (χ0v) is 16.9. The SMILES string of the molecule is CCCCCCCCP(=O)(CCCCl)CCCCCCCC. The third kappa shape index (κ3) is 14.1. The molecule has 1 nitrogen and oxygen atoms in total. The molecule has 0 aliphatic rings. The van der Waals surface area contributed by atoms with Crippen LogP contribution in [0.4, 0.5) is 0 Å². The molecule has 0 heterocycles. The van der Waals surface area contributed by atoms with E-state index in [-0.39, 0.29) is 0 Å². The predicted octanol–water partition coefficient (Wildman–Crippen LogP) is 7.70. The van der Waals surface area contributed by atoms with Gasteiger partial charge in [0.25, 0.3) is 0 Å². The normalized spacial score (nSPS) is 12.0. The number of halogens is 1. The number of hydrogen-bond donors (Lipinski definition) is 0. The molecule has 0 saturated carbocycles. The first-order valence-electron chi connectivity index (χ1n) is 9.81. The van der Waals surface area contributed by atoms with Crippen molar-refractivity contribution in [3.63, 3.8) is 0 Å². The minimum absolute atomic E-state index is 0.664. The summed E-state index contributed by atoms with van der Waals surface area (Å²) in [7, 11) is -1.93. The topological polar surface area (TPSA) is 17.1 Å². The first-order valence-corrected chi connectivity index (χ1v) is 12.6. The Bertz CT molecular complexity index is 248. The molecule has 0 aliphatic carbocycles. The zero-order chi connectivity index (χ0) is 16.5. The van der Waals surface area contributed by atoms with E-state index < -0.39 is 7.14 Å². The second-order valence-corrected chi connectivity index (χ2v) is 10.6. The molecule has 0 aromatic rings. The van der Waals surface area contributed by atoms with E-state index in [1.165, 1.54) is 77.0 Å². The summed E-state index contributed by atoms with van der Waals surface area (Å²) < 4.78 is 13.1. The van der Waals surface area contributed by atoms with Gasteiger partial charge in [0, 0.05) is 24.4 Å². The van der Waals surface area contributed by atoms with Gasteiger partial charge in [0.1, 0.15) is 0 Å². The van der Waals surface area contributed by atoms with Gasteiger partial charge >= 0.3 is 0 Å². The molecule has 0 N–H and O–H groups in total. The maximum Gasteiger partial charge on any atom is 0.0878 e. The van der Waals surface area contributed by atoms with E-state index in [9.17, 15) is 4.57 Å². The molecule has 3 heteroatoms. The molecule has 0 aromatic heterocycles. The molecule has 0 spiro atoms. The second kappa shape index (κ2) is 16.4. The molecular formula is C19H40ClOP. The van der Waals surface area contributed by atoms with Crippen LogP contribution in [0.1, 0.15) is 97.3 Å². The fourth-order valence-corrected chi connectivity index (χ4v) is 6.37. The Balaban J connectivity index is 3.87. The quantitative estimate of drug-likeness (QED) is 0.149. The van der Waals surface area contributed by atoms with Crippen LogP contribution in [0.2, 0.25) is 0 Å². The van der Waals surface area contributed by atoms with Crippen molar-refractivity contribution in [3.8, 4) is 0 Å². The highest BCUT2D eigenvalue weighted by Gasteiger charge is 2.20. The van der Waals surface area contributed by atoms with Crippen molar-refractivity contribution in [2.75, 3.05) is 24.4 Å². The molecule has 0 fully saturated rings. The zero-order valence-electron chi connectivity index (χ0n) is 15.3. The lowest BCUT2D eigenvalue weighted by molar-refractivity contribution is 0.560. The highest BCUT2D eigenvalue weighted by molar-refractivity contribution is 7.63. The average molecular weight is 351 g/mol. The van der Waals surface area contributed by atoms with Crippen molar-refractivity contribution in [2.45, 2.75) is 97.3 Å². The van der Waals surface area contributed by atoms with Gasteiger partial charge in [0.15, 0.2) is 0 Å². The summed E-state index contributed by atoms with van der Waals surface area (Å²) in [5.41, 5.74) is 0. The molecule has 0 atom stereocenters. The third-order valence-electron chi connectivity index (χ3n) is 4.54. The molecule has 0 aliphatic heterocycles. The molecule has 0 saturated heterocycles. The lowest BCUT2D eigenvalue weighted by Gasteiger charge is -2.18. The maximum atomic E-state index is 13.1. The Hall–Kier alpha value is 0.520. The van der Waals surface area contributed by atoms with Crippen LogP contribution in [-0.2, 0) is 4.57 Å². The minimum atomic E-state index is -1.93. The summed E-state index contributed by atoms with van der Waals surface area (Å²) in [5, 5.41) is 0. The summed E-state index contributed by atoms with van der Waals surface area (Å²) in [5.74, 6) is 0.664. The smallest absolute Gasteiger partial charge is 0.0878 e. The summed E-state index contributed by atoms with van der Waals surface area (Å²) >= 11 is 5.82. The highest BCUT2D eigenvalue weighted by Crippen LogP contribution is 2.48. The average Bonchev–Trinajstić information content (AvgIpc) is 2.52. The van der Waals surface area contributed by atoms with Crippen molar-refractivity contribution in [2.24, 2.45) is 0 Å². The fourth-order valence-electron chi connectivity index (χ4n) is 3.04. The largest absolute Gasteiger partial charge is 0.324 e. The molecule has 0 bridgehead atoms. The van der Waals surface area contributed by atoms with Gasteiger partial charge in [-0.3, -0.25) is 0 Å². The van der Waals surface area contributed by atoms with Crippen LogP contribution in [-0.4, -0.2) is 24.4 Å². The Kier molecular flexibility index (Phi) is 16.8. The van der Waals surface area contributed by atoms with Gasteiger partial charge in [-0.05, 0) is 19.3 Å². The third-order valence-corrected chi connectivity index (χ3v) is 8.20. The van der Waals surface area contributed by atoms with Gasteiger partial charge in [0.2, 0.25) is 0 Å². The van der Waals surface area contributed by atoms with E-state index in [2.05, 4.69) is 13.8 Å². The molecule has 22 heavy (non-hydrogen) atoms. The van der Waals surface area contributed by atoms with Gasteiger partial charge in [-0.25, -0.2) is 0 Å². The lowest BCUT2D eigenvalue weighted by atomic mass is 10.1. The minimum Gasteiger partial charge on any atom is -0.324 e. The first kappa shape index (κ1) is 22.5. The van der Waals surface area contributed by atoms with Crippen LogP contribution in [0, 0.1) is 0 Å². The predicted molar refractivity (Wildman–Crippen MR) is 104 cm³/mol. The van der Waals surface area contributed by atoms with Crippen LogP contribution in [0.25, 0.3) is 0 Å². The van der Waals surface area contributed by atoms with Gasteiger partial charge < -0.3 is 4.57 Å². The molecule has 0 radical (unpaired) electrons. The van der Waals surface area contributed by atoms with Crippen LogP contribution in [0.3, 0.4) is 0 Å². The maximum absolute atomic E-state index is 13.1. The summed E-state index contributed by atoms with van der Waals surface area (Å²) in [6.07, 6.45) is 19.3. The second-order valence-electron chi connectivity index (χ2n) is 6.81. The van der Waals surface area contributed by atoms with Crippen molar-refractivity contribution >= 4 is 18.7 Å². The van der Waals surface area contributed by atoms with Crippen molar-refractivity contribution < 1.29 is 4.57 Å². The van der Waals surface area contributed by atoms with E-state index in [1.54, 1.807) is 0 Å². The number of hydrogen-bond acceptors (Lipinski definition) is 1. The van der Waals surface area contributed by atoms with Crippen LogP contribution in [0.15, 0.2) is 0 Å². The number of alkyl halides is 1. The Morgan fingerprint density at radius 1 is 0.591 bits per heavy atom. The van der Waals surface area contributed by atoms with Crippen LogP contribution >= 0.6 is 18.7 Å². The Morgan fingerprint density at radius 3 is 1.36 bits per heavy atom. The van der Waals surface area contributed by atoms with Crippen molar-refractivity contribution in [3.05, 3.63) is 0 Å². The summed E-state index contributed by atoms with van der Waals surface area (Å²) in [4.78, 5) is 0. The van der Waals surface area contributed by atoms with Gasteiger partial charge in [0.05, 0.1) is 7.14 Å². The molecular weight excluding hydrogens is 311 g/mol. The number of rotatable bonds is 17. The molecule has 0 unspecified atom stereocenters. The standard InChI is InChI=1S/C19H40ClOP/c1-3-5-7-9-11-13-17-22(21,19-15-16-20)18-14-12-10-8-6-4-2/h3-19H2,1-2H3. The lowest BCUT2D eigenvalue weighted by Crippen LogP contribution is -2.02. The molecule has 0 aromatic carbocycles. The molecule has 134 valence electrons. The Morgan fingerprint density at radius 2 is 0.955 bits per heavy atom. The van der Waals surface area contributed by atoms with E-state index in [4.69, 9.17) is 11.6 Å². The van der Waals surface area contributed by atoms with Gasteiger partial charge in [-0.1, -0.05) is 78.1 Å². The van der Waals surface area contributed by atoms with E-state index in [0.29, 0.717) is 5.88 Å².